The van der Waals surface area contributed by atoms with Crippen LogP contribution >= 0.6 is 35.2 Å². The van der Waals surface area contributed by atoms with Crippen LogP contribution in [0.5, 0.6) is 0 Å². The summed E-state index contributed by atoms with van der Waals surface area (Å²) in [6.07, 6.45) is 0. The second-order valence-electron chi connectivity index (χ2n) is 6.05. The van der Waals surface area contributed by atoms with Crippen molar-refractivity contribution in [1.82, 2.24) is 14.3 Å². The summed E-state index contributed by atoms with van der Waals surface area (Å²) in [6.45, 7) is 7.64. The molecule has 0 amide bonds. The van der Waals surface area contributed by atoms with Gasteiger partial charge in [-0.25, -0.2) is 0 Å². The maximum atomic E-state index is 6.05. The number of benzene rings is 1. The summed E-state index contributed by atoms with van der Waals surface area (Å²) in [7, 11) is 0. The third-order valence-corrected chi connectivity index (χ3v) is 5.88. The topological polar surface area (TPSA) is 27.2 Å². The van der Waals surface area contributed by atoms with E-state index in [1.807, 2.05) is 35.9 Å². The first kappa shape index (κ1) is 18.3. The highest BCUT2D eigenvalue weighted by Crippen LogP contribution is 2.20. The Morgan fingerprint density at radius 1 is 1.20 bits per heavy atom. The van der Waals surface area contributed by atoms with E-state index in [1.54, 1.807) is 11.3 Å². The number of halogens is 1. The minimum atomic E-state index is 0.757. The van der Waals surface area contributed by atoms with E-state index in [4.69, 9.17) is 23.8 Å². The Bertz CT molecular complexity index is 882. The molecule has 0 radical (unpaired) electrons. The quantitative estimate of drug-likeness (QED) is 0.621. The highest BCUT2D eigenvalue weighted by Gasteiger charge is 2.14. The normalized spacial score (nSPS) is 12.4. The van der Waals surface area contributed by atoms with E-state index in [0.29, 0.717) is 0 Å². The van der Waals surface area contributed by atoms with Crippen LogP contribution in [0.4, 0.5) is 0 Å². The van der Waals surface area contributed by atoms with Crippen LogP contribution < -0.4 is 4.90 Å². The zero-order valence-corrected chi connectivity index (χ0v) is 16.8. The van der Waals surface area contributed by atoms with Crippen molar-refractivity contribution in [3.63, 3.8) is 0 Å². The molecule has 2 aromatic heterocycles. The Labute approximate surface area is 162 Å². The fraction of sp³-hybridized carbons (Fsp3) is 0.333. The Kier molecular flexibility index (Phi) is 6.06. The number of hydrogen-bond donors (Lipinski definition) is 1. The fourth-order valence-electron chi connectivity index (χ4n) is 2.80. The van der Waals surface area contributed by atoms with E-state index in [9.17, 15) is 0 Å². The second kappa shape index (κ2) is 8.27. The number of aryl methyl sites for hydroxylation is 1. The number of aromatic nitrogens is 3. The van der Waals surface area contributed by atoms with Gasteiger partial charge in [0.15, 0.2) is 6.67 Å². The molecule has 1 atom stereocenters. The highest BCUT2D eigenvalue weighted by atomic mass is 35.5. The van der Waals surface area contributed by atoms with Crippen molar-refractivity contribution in [2.45, 2.75) is 33.6 Å². The number of thiophene rings is 1. The Morgan fingerprint density at radius 2 is 1.96 bits per heavy atom. The van der Waals surface area contributed by atoms with Gasteiger partial charge >= 0.3 is 0 Å². The molecule has 0 aliphatic carbocycles. The lowest BCUT2D eigenvalue weighted by molar-refractivity contribution is -0.935. The van der Waals surface area contributed by atoms with Crippen LogP contribution in [0.2, 0.25) is 4.34 Å². The Balaban J connectivity index is 1.76. The summed E-state index contributed by atoms with van der Waals surface area (Å²) in [6, 6.07) is 14.4. The molecule has 3 aromatic rings. The zero-order chi connectivity index (χ0) is 17.8. The molecule has 2 heterocycles. The van der Waals surface area contributed by atoms with Crippen molar-refractivity contribution in [3.05, 3.63) is 67.8 Å². The first-order valence-electron chi connectivity index (χ1n) is 8.32. The molecule has 0 bridgehead atoms. The van der Waals surface area contributed by atoms with E-state index in [0.717, 1.165) is 41.2 Å². The van der Waals surface area contributed by atoms with Gasteiger partial charge in [-0.05, 0) is 43.8 Å². The van der Waals surface area contributed by atoms with Gasteiger partial charge in [-0.2, -0.15) is 9.78 Å². The number of hydrogen-bond acceptors (Lipinski definition) is 3. The maximum Gasteiger partial charge on any atom is 0.203 e. The maximum absolute atomic E-state index is 6.05. The average Bonchev–Trinajstić information content (AvgIpc) is 3.13. The molecule has 4 nitrogen and oxygen atoms in total. The molecule has 0 aliphatic rings. The lowest BCUT2D eigenvalue weighted by atomic mass is 10.2. The van der Waals surface area contributed by atoms with E-state index in [2.05, 4.69) is 34.8 Å². The highest BCUT2D eigenvalue weighted by molar-refractivity contribution is 7.71. The summed E-state index contributed by atoms with van der Waals surface area (Å²) >= 11 is 13.4. The summed E-state index contributed by atoms with van der Waals surface area (Å²) in [4.78, 5) is 2.69. The molecule has 0 spiro atoms. The average molecular weight is 394 g/mol. The SMILES string of the molecule is CC[NH+](Cc1ccc(Cl)s1)Cn1nc(C)n(Cc2ccccc2)c1=S. The van der Waals surface area contributed by atoms with Gasteiger partial charge in [0.1, 0.15) is 12.4 Å². The van der Waals surface area contributed by atoms with Gasteiger partial charge in [0, 0.05) is 0 Å². The summed E-state index contributed by atoms with van der Waals surface area (Å²) in [5, 5.41) is 4.67. The first-order valence-corrected chi connectivity index (χ1v) is 9.93. The molecule has 0 aliphatic heterocycles. The molecule has 132 valence electrons. The van der Waals surface area contributed by atoms with Crippen LogP contribution in [0.3, 0.4) is 0 Å². The van der Waals surface area contributed by atoms with Gasteiger partial charge in [0.05, 0.1) is 22.3 Å². The van der Waals surface area contributed by atoms with Crippen molar-refractivity contribution in [3.8, 4) is 0 Å². The molecular formula is C18H22ClN4S2+. The van der Waals surface area contributed by atoms with E-state index >= 15 is 0 Å². The van der Waals surface area contributed by atoms with E-state index in [1.165, 1.54) is 15.3 Å². The number of quaternary nitrogens is 1. The molecule has 0 fully saturated rings. The van der Waals surface area contributed by atoms with Crippen molar-refractivity contribution in [1.29, 1.82) is 0 Å². The predicted octanol–water partition coefficient (Wildman–Crippen LogP) is 3.55. The largest absolute Gasteiger partial charge is 0.312 e. The number of rotatable bonds is 7. The fourth-order valence-corrected chi connectivity index (χ4v) is 4.26. The van der Waals surface area contributed by atoms with Crippen LogP contribution in [-0.4, -0.2) is 20.9 Å². The lowest BCUT2D eigenvalue weighted by Gasteiger charge is -2.16. The third-order valence-electron chi connectivity index (χ3n) is 4.22. The van der Waals surface area contributed by atoms with Gasteiger partial charge in [0.25, 0.3) is 0 Å². The van der Waals surface area contributed by atoms with Crippen LogP contribution in [0, 0.1) is 11.7 Å². The van der Waals surface area contributed by atoms with Crippen LogP contribution in [0.15, 0.2) is 42.5 Å². The molecule has 0 saturated heterocycles. The minimum absolute atomic E-state index is 0.757. The summed E-state index contributed by atoms with van der Waals surface area (Å²) < 4.78 is 5.66. The van der Waals surface area contributed by atoms with Gasteiger partial charge in [0.2, 0.25) is 4.77 Å². The standard InChI is InChI=1S/C18H21ClN4S2/c1-3-21(12-16-9-10-17(19)25-16)13-23-18(24)22(14(2)20-23)11-15-7-5-4-6-8-15/h4-10H,3,11-13H2,1-2H3/p+1. The second-order valence-corrected chi connectivity index (χ2v) is 8.21. The summed E-state index contributed by atoms with van der Waals surface area (Å²) in [5.74, 6) is 0.948. The molecule has 3 rings (SSSR count). The minimum Gasteiger partial charge on any atom is -0.312 e. The molecule has 0 saturated carbocycles. The van der Waals surface area contributed by atoms with Crippen molar-refractivity contribution < 1.29 is 4.90 Å². The molecular weight excluding hydrogens is 372 g/mol. The Hall–Kier alpha value is -1.47. The van der Waals surface area contributed by atoms with Crippen LogP contribution in [0.1, 0.15) is 23.2 Å². The molecule has 1 unspecified atom stereocenters. The van der Waals surface area contributed by atoms with Gasteiger partial charge < -0.3 is 4.90 Å². The monoisotopic (exact) mass is 393 g/mol. The van der Waals surface area contributed by atoms with Gasteiger partial charge in [-0.15, -0.1) is 11.3 Å². The van der Waals surface area contributed by atoms with Gasteiger partial charge in [-0.3, -0.25) is 4.57 Å². The molecule has 7 heteroatoms. The smallest absolute Gasteiger partial charge is 0.203 e. The van der Waals surface area contributed by atoms with E-state index < -0.39 is 0 Å². The molecule has 25 heavy (non-hydrogen) atoms. The first-order chi connectivity index (χ1) is 12.1. The van der Waals surface area contributed by atoms with Crippen molar-refractivity contribution in [2.24, 2.45) is 0 Å². The zero-order valence-electron chi connectivity index (χ0n) is 14.4. The van der Waals surface area contributed by atoms with Crippen LogP contribution in [0.25, 0.3) is 0 Å². The van der Waals surface area contributed by atoms with Crippen molar-refractivity contribution in [2.75, 3.05) is 6.54 Å². The number of nitrogens with one attached hydrogen (secondary N) is 1. The van der Waals surface area contributed by atoms with Gasteiger partial charge in [-0.1, -0.05) is 41.9 Å². The van der Waals surface area contributed by atoms with Crippen molar-refractivity contribution >= 4 is 35.2 Å². The molecule has 1 N–H and O–H groups in total. The Morgan fingerprint density at radius 3 is 2.60 bits per heavy atom. The van der Waals surface area contributed by atoms with E-state index in [-0.39, 0.29) is 0 Å². The number of nitrogens with zero attached hydrogens (tertiary/aromatic N) is 3. The summed E-state index contributed by atoms with van der Waals surface area (Å²) in [5.41, 5.74) is 1.23. The third kappa shape index (κ3) is 4.58. The van der Waals surface area contributed by atoms with Crippen LogP contribution in [-0.2, 0) is 19.8 Å². The molecule has 1 aromatic carbocycles. The lowest BCUT2D eigenvalue weighted by Crippen LogP contribution is -3.09. The predicted molar refractivity (Wildman–Crippen MR) is 106 cm³/mol.